The third kappa shape index (κ3) is 5.35. The highest BCUT2D eigenvalue weighted by atomic mass is 16.5. The molecule has 0 unspecified atom stereocenters. The van der Waals surface area contributed by atoms with Crippen molar-refractivity contribution in [1.29, 1.82) is 0 Å². The van der Waals surface area contributed by atoms with E-state index in [0.717, 1.165) is 5.57 Å². The van der Waals surface area contributed by atoms with Crippen molar-refractivity contribution in [3.63, 3.8) is 0 Å². The molecule has 1 aliphatic heterocycles. The van der Waals surface area contributed by atoms with Crippen molar-refractivity contribution in [2.24, 2.45) is 11.0 Å². The van der Waals surface area contributed by atoms with Gasteiger partial charge >= 0.3 is 12.0 Å². The fourth-order valence-electron chi connectivity index (χ4n) is 2.05. The fraction of sp³-hybridized carbons (Fsp3) is 0.692. The Morgan fingerprint density at radius 1 is 1.62 bits per heavy atom. The van der Waals surface area contributed by atoms with E-state index in [1.807, 2.05) is 6.92 Å². The van der Waals surface area contributed by atoms with Gasteiger partial charge in [-0.25, -0.2) is 4.79 Å². The van der Waals surface area contributed by atoms with Gasteiger partial charge in [0.15, 0.2) is 0 Å². The molecular formula is C13H21N5O3. The molecule has 2 amide bonds. The third-order valence-corrected chi connectivity index (χ3v) is 3.15. The third-order valence-electron chi connectivity index (χ3n) is 3.15. The standard InChI is InChI=1S/C13H21N5O3/c1-9(2)11-8-18(13(20)16-10(11)3)6-4-12(19)21-7-5-15-17-14/h8-10H,4-7H2,1-3H3,(H,16,20)/t10-/m1/s1. The number of nitrogens with one attached hydrogen (secondary N) is 1. The number of carbonyl (C=O) groups is 2. The highest BCUT2D eigenvalue weighted by Gasteiger charge is 2.25. The number of hydrogen-bond donors (Lipinski definition) is 1. The second-order valence-electron chi connectivity index (χ2n) is 5.07. The molecule has 0 aliphatic carbocycles. The Morgan fingerprint density at radius 3 is 2.95 bits per heavy atom. The van der Waals surface area contributed by atoms with Gasteiger partial charge in [0.25, 0.3) is 0 Å². The lowest BCUT2D eigenvalue weighted by Crippen LogP contribution is -2.48. The Morgan fingerprint density at radius 2 is 2.33 bits per heavy atom. The van der Waals surface area contributed by atoms with Crippen molar-refractivity contribution in [3.8, 4) is 0 Å². The van der Waals surface area contributed by atoms with Crippen molar-refractivity contribution >= 4 is 12.0 Å². The summed E-state index contributed by atoms with van der Waals surface area (Å²) in [5.41, 5.74) is 9.20. The average Bonchev–Trinajstić information content (AvgIpc) is 2.42. The molecule has 1 heterocycles. The maximum absolute atomic E-state index is 11.8. The van der Waals surface area contributed by atoms with Gasteiger partial charge in [-0.2, -0.15) is 0 Å². The molecule has 8 heteroatoms. The van der Waals surface area contributed by atoms with Crippen molar-refractivity contribution in [2.75, 3.05) is 19.7 Å². The van der Waals surface area contributed by atoms with Crippen LogP contribution in [-0.2, 0) is 9.53 Å². The van der Waals surface area contributed by atoms with E-state index in [1.54, 1.807) is 6.20 Å². The van der Waals surface area contributed by atoms with Gasteiger partial charge in [-0.05, 0) is 23.9 Å². The second kappa shape index (κ2) is 8.16. The molecule has 0 saturated heterocycles. The number of carbonyl (C=O) groups excluding carboxylic acids is 2. The summed E-state index contributed by atoms with van der Waals surface area (Å²) in [5.74, 6) is -0.104. The predicted octanol–water partition coefficient (Wildman–Crippen LogP) is 2.18. The Balaban J connectivity index is 2.48. The van der Waals surface area contributed by atoms with Crippen molar-refractivity contribution in [3.05, 3.63) is 22.2 Å². The maximum atomic E-state index is 11.8. The van der Waals surface area contributed by atoms with Crippen molar-refractivity contribution in [2.45, 2.75) is 33.2 Å². The summed E-state index contributed by atoms with van der Waals surface area (Å²) >= 11 is 0. The lowest BCUT2D eigenvalue weighted by atomic mass is 9.96. The first-order valence-electron chi connectivity index (χ1n) is 6.91. The van der Waals surface area contributed by atoms with E-state index in [9.17, 15) is 9.59 Å². The molecule has 0 aromatic carbocycles. The summed E-state index contributed by atoms with van der Waals surface area (Å²) in [6.07, 6.45) is 1.90. The zero-order valence-corrected chi connectivity index (χ0v) is 12.6. The van der Waals surface area contributed by atoms with Crippen LogP contribution in [-0.4, -0.2) is 42.6 Å². The number of urea groups is 1. The van der Waals surface area contributed by atoms with Gasteiger partial charge < -0.3 is 15.0 Å². The van der Waals surface area contributed by atoms with Crippen LogP contribution in [0, 0.1) is 5.92 Å². The van der Waals surface area contributed by atoms with E-state index in [-0.39, 0.29) is 38.2 Å². The lowest BCUT2D eigenvalue weighted by Gasteiger charge is -2.32. The van der Waals surface area contributed by atoms with Crippen LogP contribution in [0.15, 0.2) is 16.9 Å². The highest BCUT2D eigenvalue weighted by molar-refractivity contribution is 5.78. The molecule has 21 heavy (non-hydrogen) atoms. The highest BCUT2D eigenvalue weighted by Crippen LogP contribution is 2.19. The predicted molar refractivity (Wildman–Crippen MR) is 77.2 cm³/mol. The van der Waals surface area contributed by atoms with Gasteiger partial charge in [0.05, 0.1) is 25.6 Å². The monoisotopic (exact) mass is 295 g/mol. The summed E-state index contributed by atoms with van der Waals surface area (Å²) in [4.78, 5) is 27.4. The molecule has 1 N–H and O–H groups in total. The molecule has 0 aromatic rings. The molecule has 0 aromatic heterocycles. The minimum atomic E-state index is -0.422. The smallest absolute Gasteiger partial charge is 0.321 e. The van der Waals surface area contributed by atoms with E-state index in [0.29, 0.717) is 5.92 Å². The zero-order valence-electron chi connectivity index (χ0n) is 12.6. The van der Waals surface area contributed by atoms with Crippen LogP contribution in [0.4, 0.5) is 4.79 Å². The molecule has 0 bridgehead atoms. The van der Waals surface area contributed by atoms with Crippen LogP contribution < -0.4 is 5.32 Å². The van der Waals surface area contributed by atoms with Gasteiger partial charge in [-0.3, -0.25) is 4.79 Å². The summed E-state index contributed by atoms with van der Waals surface area (Å²) in [7, 11) is 0. The molecule has 0 saturated carbocycles. The summed E-state index contributed by atoms with van der Waals surface area (Å²) in [6, 6.07) is -0.210. The first-order chi connectivity index (χ1) is 9.95. The summed E-state index contributed by atoms with van der Waals surface area (Å²) < 4.78 is 4.88. The Hall–Kier alpha value is -2.21. The van der Waals surface area contributed by atoms with Crippen LogP contribution >= 0.6 is 0 Å². The van der Waals surface area contributed by atoms with Gasteiger partial charge in [-0.1, -0.05) is 19.0 Å². The molecule has 1 aliphatic rings. The van der Waals surface area contributed by atoms with E-state index in [2.05, 4.69) is 29.2 Å². The Kier molecular flexibility index (Phi) is 6.55. The molecule has 0 radical (unpaired) electrons. The minimum Gasteiger partial charge on any atom is -0.465 e. The van der Waals surface area contributed by atoms with Crippen LogP contribution in [0.2, 0.25) is 0 Å². The Bertz CT molecular complexity index is 468. The normalized spacial score (nSPS) is 17.9. The number of azide groups is 1. The fourth-order valence-corrected chi connectivity index (χ4v) is 2.05. The first kappa shape index (κ1) is 16.8. The molecular weight excluding hydrogens is 274 g/mol. The summed E-state index contributed by atoms with van der Waals surface area (Å²) in [5, 5.41) is 6.12. The lowest BCUT2D eigenvalue weighted by molar-refractivity contribution is -0.143. The number of nitrogens with zero attached hydrogens (tertiary/aromatic N) is 4. The number of esters is 1. The van der Waals surface area contributed by atoms with Crippen LogP contribution in [0.25, 0.3) is 10.4 Å². The van der Waals surface area contributed by atoms with Gasteiger partial charge in [0, 0.05) is 17.7 Å². The molecule has 116 valence electrons. The molecule has 1 rings (SSSR count). The van der Waals surface area contributed by atoms with Crippen LogP contribution in [0.3, 0.4) is 0 Å². The molecule has 0 spiro atoms. The number of ether oxygens (including phenoxy) is 1. The largest absolute Gasteiger partial charge is 0.465 e. The van der Waals surface area contributed by atoms with Gasteiger partial charge in [-0.15, -0.1) is 0 Å². The molecule has 0 fully saturated rings. The van der Waals surface area contributed by atoms with E-state index in [4.69, 9.17) is 10.3 Å². The maximum Gasteiger partial charge on any atom is 0.321 e. The van der Waals surface area contributed by atoms with Crippen molar-refractivity contribution < 1.29 is 14.3 Å². The SMILES string of the molecule is CC(C)C1=CN(CCC(=O)OCCN=[N+]=[N-])C(=O)N[C@@H]1C. The molecule has 1 atom stereocenters. The second-order valence-corrected chi connectivity index (χ2v) is 5.07. The molecule has 8 nitrogen and oxygen atoms in total. The number of hydrogen-bond acceptors (Lipinski definition) is 4. The topological polar surface area (TPSA) is 107 Å². The Labute approximate surface area is 123 Å². The van der Waals surface area contributed by atoms with E-state index < -0.39 is 5.97 Å². The number of amides is 2. The van der Waals surface area contributed by atoms with Crippen molar-refractivity contribution in [1.82, 2.24) is 10.2 Å². The number of rotatable bonds is 7. The average molecular weight is 295 g/mol. The minimum absolute atomic E-state index is 0.00421. The van der Waals surface area contributed by atoms with Crippen LogP contribution in [0.5, 0.6) is 0 Å². The van der Waals surface area contributed by atoms with Crippen LogP contribution in [0.1, 0.15) is 27.2 Å². The van der Waals surface area contributed by atoms with E-state index in [1.165, 1.54) is 4.90 Å². The first-order valence-corrected chi connectivity index (χ1v) is 6.91. The summed E-state index contributed by atoms with van der Waals surface area (Å²) in [6.45, 7) is 6.48. The van der Waals surface area contributed by atoms with E-state index >= 15 is 0 Å². The van der Waals surface area contributed by atoms with Gasteiger partial charge in [0.1, 0.15) is 0 Å². The van der Waals surface area contributed by atoms with Gasteiger partial charge in [0.2, 0.25) is 0 Å². The zero-order chi connectivity index (χ0) is 15.8. The quantitative estimate of drug-likeness (QED) is 0.255.